The highest BCUT2D eigenvalue weighted by molar-refractivity contribution is 5.00. The van der Waals surface area contributed by atoms with Crippen molar-refractivity contribution in [2.45, 2.75) is 44.6 Å². The third kappa shape index (κ3) is 1.37. The molecule has 2 N–H and O–H groups in total. The van der Waals surface area contributed by atoms with Gasteiger partial charge in [-0.3, -0.25) is 5.32 Å². The second-order valence-electron chi connectivity index (χ2n) is 4.71. The summed E-state index contributed by atoms with van der Waals surface area (Å²) in [6.45, 7) is 8.46. The van der Waals surface area contributed by atoms with E-state index in [0.717, 1.165) is 19.5 Å². The van der Waals surface area contributed by atoms with Gasteiger partial charge in [-0.2, -0.15) is 0 Å². The molecule has 3 nitrogen and oxygen atoms in total. The molecule has 0 amide bonds. The Bertz CT molecular complexity index is 187. The van der Waals surface area contributed by atoms with Crippen LogP contribution in [0, 0.1) is 0 Å². The molecule has 0 bridgehead atoms. The van der Waals surface area contributed by atoms with Gasteiger partial charge in [0.25, 0.3) is 0 Å². The summed E-state index contributed by atoms with van der Waals surface area (Å²) in [5, 5.41) is 6.74. The van der Waals surface area contributed by atoms with Gasteiger partial charge < -0.3 is 10.1 Å². The zero-order valence-electron chi connectivity index (χ0n) is 8.11. The van der Waals surface area contributed by atoms with Crippen molar-refractivity contribution >= 4 is 0 Å². The van der Waals surface area contributed by atoms with Gasteiger partial charge in [-0.15, -0.1) is 0 Å². The molecule has 2 aliphatic rings. The molecule has 2 fully saturated rings. The fourth-order valence-electron chi connectivity index (χ4n) is 2.36. The maximum absolute atomic E-state index is 5.99. The summed E-state index contributed by atoms with van der Waals surface area (Å²) in [4.78, 5) is 0. The average molecular weight is 170 g/mol. The summed E-state index contributed by atoms with van der Waals surface area (Å²) < 4.78 is 5.99. The van der Waals surface area contributed by atoms with Crippen LogP contribution in [0.25, 0.3) is 0 Å². The fourth-order valence-corrected chi connectivity index (χ4v) is 2.36. The van der Waals surface area contributed by atoms with Crippen molar-refractivity contribution in [3.8, 4) is 0 Å². The average Bonchev–Trinajstić information content (AvgIpc) is 1.79. The highest BCUT2D eigenvalue weighted by atomic mass is 16.5. The SMILES string of the molecule is CC1CC(C)(C)OC2(CNC2)N1. The Morgan fingerprint density at radius 2 is 2.00 bits per heavy atom. The summed E-state index contributed by atoms with van der Waals surface area (Å²) in [6.07, 6.45) is 1.09. The lowest BCUT2D eigenvalue weighted by atomic mass is 9.92. The zero-order valence-corrected chi connectivity index (χ0v) is 8.11. The van der Waals surface area contributed by atoms with Crippen LogP contribution in [-0.2, 0) is 4.74 Å². The molecular formula is C9H18N2O. The number of hydrogen-bond acceptors (Lipinski definition) is 3. The number of hydrogen-bond donors (Lipinski definition) is 2. The first-order valence-electron chi connectivity index (χ1n) is 4.70. The lowest BCUT2D eigenvalue weighted by Gasteiger charge is -2.53. The van der Waals surface area contributed by atoms with Gasteiger partial charge in [-0.1, -0.05) is 0 Å². The molecule has 1 spiro atoms. The number of rotatable bonds is 0. The van der Waals surface area contributed by atoms with Crippen molar-refractivity contribution in [3.05, 3.63) is 0 Å². The highest BCUT2D eigenvalue weighted by Crippen LogP contribution is 2.31. The first-order chi connectivity index (χ1) is 5.52. The minimum absolute atomic E-state index is 0.0345. The van der Waals surface area contributed by atoms with Crippen LogP contribution in [0.5, 0.6) is 0 Å². The van der Waals surface area contributed by atoms with Gasteiger partial charge in [0.05, 0.1) is 5.60 Å². The Morgan fingerprint density at radius 1 is 1.33 bits per heavy atom. The molecule has 2 aliphatic heterocycles. The van der Waals surface area contributed by atoms with Crippen LogP contribution in [0.4, 0.5) is 0 Å². The molecule has 1 unspecified atom stereocenters. The Kier molecular flexibility index (Phi) is 1.72. The van der Waals surface area contributed by atoms with Crippen molar-refractivity contribution in [2.75, 3.05) is 13.1 Å². The topological polar surface area (TPSA) is 33.3 Å². The standard InChI is InChI=1S/C9H18N2O/c1-7-4-8(2,3)12-9(11-7)5-10-6-9/h7,10-11H,4-6H2,1-3H3. The van der Waals surface area contributed by atoms with Gasteiger partial charge in [0, 0.05) is 19.1 Å². The normalized spacial score (nSPS) is 37.8. The van der Waals surface area contributed by atoms with Gasteiger partial charge in [0.1, 0.15) is 5.72 Å². The molecule has 70 valence electrons. The van der Waals surface area contributed by atoms with E-state index in [4.69, 9.17) is 4.74 Å². The van der Waals surface area contributed by atoms with Crippen molar-refractivity contribution in [1.82, 2.24) is 10.6 Å². The van der Waals surface area contributed by atoms with Crippen LogP contribution in [0.3, 0.4) is 0 Å². The second-order valence-corrected chi connectivity index (χ2v) is 4.71. The summed E-state index contributed by atoms with van der Waals surface area (Å²) >= 11 is 0. The van der Waals surface area contributed by atoms with Gasteiger partial charge in [0.2, 0.25) is 0 Å². The third-order valence-electron chi connectivity index (χ3n) is 2.60. The maximum atomic E-state index is 5.99. The smallest absolute Gasteiger partial charge is 0.145 e. The van der Waals surface area contributed by atoms with Crippen LogP contribution in [0.15, 0.2) is 0 Å². The molecule has 12 heavy (non-hydrogen) atoms. The molecule has 0 radical (unpaired) electrons. The maximum Gasteiger partial charge on any atom is 0.145 e. The van der Waals surface area contributed by atoms with E-state index < -0.39 is 0 Å². The van der Waals surface area contributed by atoms with Crippen molar-refractivity contribution in [3.63, 3.8) is 0 Å². The van der Waals surface area contributed by atoms with Crippen molar-refractivity contribution < 1.29 is 4.74 Å². The molecule has 3 heteroatoms. The third-order valence-corrected chi connectivity index (χ3v) is 2.60. The molecule has 0 aromatic heterocycles. The van der Waals surface area contributed by atoms with E-state index in [1.54, 1.807) is 0 Å². The lowest BCUT2D eigenvalue weighted by molar-refractivity contribution is -0.216. The van der Waals surface area contributed by atoms with Crippen molar-refractivity contribution in [2.24, 2.45) is 0 Å². The van der Waals surface area contributed by atoms with Crippen LogP contribution in [0.1, 0.15) is 27.2 Å². The van der Waals surface area contributed by atoms with E-state index in [2.05, 4.69) is 31.4 Å². The summed E-state index contributed by atoms with van der Waals surface area (Å²) in [5.41, 5.74) is -0.0199. The highest BCUT2D eigenvalue weighted by Gasteiger charge is 2.47. The second kappa shape index (κ2) is 2.44. The van der Waals surface area contributed by atoms with Gasteiger partial charge in [-0.05, 0) is 27.2 Å². The molecule has 1 atom stereocenters. The Balaban J connectivity index is 2.08. The van der Waals surface area contributed by atoms with E-state index >= 15 is 0 Å². The predicted octanol–water partition coefficient (Wildman–Crippen LogP) is 0.463. The molecule has 2 heterocycles. The minimum atomic E-state index is -0.0544. The lowest BCUT2D eigenvalue weighted by Crippen LogP contribution is -2.75. The van der Waals surface area contributed by atoms with E-state index in [9.17, 15) is 0 Å². The van der Waals surface area contributed by atoms with Crippen LogP contribution < -0.4 is 10.6 Å². The van der Waals surface area contributed by atoms with E-state index in [-0.39, 0.29) is 11.3 Å². The van der Waals surface area contributed by atoms with Crippen molar-refractivity contribution in [1.29, 1.82) is 0 Å². The van der Waals surface area contributed by atoms with Gasteiger partial charge >= 0.3 is 0 Å². The monoisotopic (exact) mass is 170 g/mol. The minimum Gasteiger partial charge on any atom is -0.352 e. The van der Waals surface area contributed by atoms with E-state index in [1.165, 1.54) is 0 Å². The molecule has 0 aromatic rings. The summed E-state index contributed by atoms with van der Waals surface area (Å²) in [7, 11) is 0. The number of ether oxygens (including phenoxy) is 1. The van der Waals surface area contributed by atoms with E-state index in [0.29, 0.717) is 6.04 Å². The largest absolute Gasteiger partial charge is 0.352 e. The fraction of sp³-hybridized carbons (Fsp3) is 1.00. The predicted molar refractivity (Wildman–Crippen MR) is 48.0 cm³/mol. The first-order valence-corrected chi connectivity index (χ1v) is 4.70. The molecule has 2 saturated heterocycles. The first kappa shape index (κ1) is 8.48. The van der Waals surface area contributed by atoms with Gasteiger partial charge in [-0.25, -0.2) is 0 Å². The zero-order chi connectivity index (χ0) is 8.82. The Hall–Kier alpha value is -0.120. The quantitative estimate of drug-likeness (QED) is 0.554. The van der Waals surface area contributed by atoms with Crippen LogP contribution >= 0.6 is 0 Å². The molecule has 0 aromatic carbocycles. The molecule has 2 rings (SSSR count). The Morgan fingerprint density at radius 3 is 2.42 bits per heavy atom. The Labute approximate surface area is 73.9 Å². The summed E-state index contributed by atoms with van der Waals surface area (Å²) in [5.74, 6) is 0. The van der Waals surface area contributed by atoms with Crippen LogP contribution in [-0.4, -0.2) is 30.5 Å². The number of nitrogens with one attached hydrogen (secondary N) is 2. The molecule has 0 saturated carbocycles. The molecule has 0 aliphatic carbocycles. The van der Waals surface area contributed by atoms with Crippen LogP contribution in [0.2, 0.25) is 0 Å². The van der Waals surface area contributed by atoms with E-state index in [1.807, 2.05) is 0 Å². The van der Waals surface area contributed by atoms with Gasteiger partial charge in [0.15, 0.2) is 0 Å². The summed E-state index contributed by atoms with van der Waals surface area (Å²) in [6, 6.07) is 0.566. The molecular weight excluding hydrogens is 152 g/mol.